The van der Waals surface area contributed by atoms with Crippen LogP contribution in [0, 0.1) is 5.82 Å². The summed E-state index contributed by atoms with van der Waals surface area (Å²) < 4.78 is 21.7. The number of ether oxygens (including phenoxy) is 1. The maximum atomic E-state index is 13.4. The first-order valence-electron chi connectivity index (χ1n) is 11.6. The summed E-state index contributed by atoms with van der Waals surface area (Å²) in [5.41, 5.74) is -0.0543. The Bertz CT molecular complexity index is 1550. The number of carbonyl (C=O) groups is 2. The normalized spacial score (nSPS) is 10.8. The van der Waals surface area contributed by atoms with Crippen molar-refractivity contribution in [1.29, 1.82) is 0 Å². The van der Waals surface area contributed by atoms with Gasteiger partial charge in [0.25, 0.3) is 11.5 Å². The van der Waals surface area contributed by atoms with Crippen molar-refractivity contribution in [3.05, 3.63) is 116 Å². The van der Waals surface area contributed by atoms with Crippen LogP contribution in [0.2, 0.25) is 0 Å². The van der Waals surface area contributed by atoms with E-state index in [9.17, 15) is 23.6 Å². The number of rotatable bonds is 9. The molecular weight excluding hydrogens is 479 g/mol. The minimum absolute atomic E-state index is 0.00657. The molecule has 0 unspecified atom stereocenters. The summed E-state index contributed by atoms with van der Waals surface area (Å²) in [7, 11) is 0. The predicted octanol–water partition coefficient (Wildman–Crippen LogP) is 2.25. The maximum absolute atomic E-state index is 13.4. The quantitative estimate of drug-likeness (QED) is 0.363. The van der Waals surface area contributed by atoms with E-state index >= 15 is 0 Å². The maximum Gasteiger partial charge on any atom is 0.278 e. The van der Waals surface area contributed by atoms with Gasteiger partial charge in [-0.05, 0) is 23.3 Å². The molecule has 2 aromatic heterocycles. The second-order valence-corrected chi connectivity index (χ2v) is 8.32. The number of amides is 2. The standard InChI is InChI=1S/C27H25FN4O5/c1-18(33)29-11-12-31-13-14-32-16-22(26(35)30-15-19-7-9-21(28)10-8-19)24(34)25(23(32)27(31)36)37-17-20-5-3-2-4-6-20/h2-10,13-14,16H,11-12,15,17H2,1H3,(H,29,33)(H,30,35). The average Bonchev–Trinajstić information content (AvgIpc) is 2.89. The number of aromatic nitrogens is 2. The second-order valence-electron chi connectivity index (χ2n) is 8.32. The Hall–Kier alpha value is -4.73. The van der Waals surface area contributed by atoms with E-state index in [1.165, 1.54) is 58.7 Å². The summed E-state index contributed by atoms with van der Waals surface area (Å²) in [4.78, 5) is 50.8. The number of fused-ring (bicyclic) bond motifs is 1. The lowest BCUT2D eigenvalue weighted by atomic mass is 10.2. The highest BCUT2D eigenvalue weighted by atomic mass is 19.1. The Morgan fingerprint density at radius 1 is 0.946 bits per heavy atom. The molecule has 0 atom stereocenters. The Kier molecular flexibility index (Phi) is 7.77. The summed E-state index contributed by atoms with van der Waals surface area (Å²) in [6.07, 6.45) is 4.32. The van der Waals surface area contributed by atoms with Crippen LogP contribution < -0.4 is 26.4 Å². The lowest BCUT2D eigenvalue weighted by Gasteiger charge is -2.14. The number of benzene rings is 2. The Balaban J connectivity index is 1.71. The van der Waals surface area contributed by atoms with E-state index < -0.39 is 22.7 Å². The number of pyridine rings is 1. The molecule has 0 radical (unpaired) electrons. The first-order chi connectivity index (χ1) is 17.8. The molecule has 9 nitrogen and oxygen atoms in total. The molecule has 0 spiro atoms. The Morgan fingerprint density at radius 3 is 2.38 bits per heavy atom. The number of nitrogens with one attached hydrogen (secondary N) is 2. The van der Waals surface area contributed by atoms with E-state index in [4.69, 9.17) is 4.74 Å². The average molecular weight is 505 g/mol. The van der Waals surface area contributed by atoms with E-state index in [1.54, 1.807) is 0 Å². The Morgan fingerprint density at radius 2 is 1.68 bits per heavy atom. The summed E-state index contributed by atoms with van der Waals surface area (Å²) in [5.74, 6) is -1.54. The van der Waals surface area contributed by atoms with Gasteiger partial charge in [0.1, 0.15) is 18.0 Å². The fourth-order valence-electron chi connectivity index (χ4n) is 3.72. The molecule has 2 heterocycles. The van der Waals surface area contributed by atoms with Gasteiger partial charge in [-0.2, -0.15) is 0 Å². The highest BCUT2D eigenvalue weighted by molar-refractivity contribution is 5.95. The molecule has 4 rings (SSSR count). The lowest BCUT2D eigenvalue weighted by molar-refractivity contribution is -0.118. The van der Waals surface area contributed by atoms with Crippen LogP contribution in [0.5, 0.6) is 5.75 Å². The van der Waals surface area contributed by atoms with Gasteiger partial charge in [0.2, 0.25) is 11.3 Å². The molecule has 0 bridgehead atoms. The third-order valence-electron chi connectivity index (χ3n) is 5.63. The van der Waals surface area contributed by atoms with E-state index in [1.807, 2.05) is 30.3 Å². The third-order valence-corrected chi connectivity index (χ3v) is 5.63. The molecule has 0 saturated heterocycles. The Labute approximate surface area is 211 Å². The van der Waals surface area contributed by atoms with Crippen LogP contribution in [0.25, 0.3) is 5.52 Å². The van der Waals surface area contributed by atoms with Crippen LogP contribution in [0.15, 0.2) is 82.8 Å². The van der Waals surface area contributed by atoms with Gasteiger partial charge < -0.3 is 24.3 Å². The van der Waals surface area contributed by atoms with Crippen LogP contribution >= 0.6 is 0 Å². The first-order valence-corrected chi connectivity index (χ1v) is 11.6. The summed E-state index contributed by atoms with van der Waals surface area (Å²) in [6.45, 7) is 1.86. The fraction of sp³-hybridized carbons (Fsp3) is 0.185. The van der Waals surface area contributed by atoms with E-state index in [0.717, 1.165) is 5.56 Å². The van der Waals surface area contributed by atoms with Crippen LogP contribution in [0.4, 0.5) is 4.39 Å². The number of halogens is 1. The van der Waals surface area contributed by atoms with Gasteiger partial charge in [-0.15, -0.1) is 0 Å². The minimum atomic E-state index is -0.732. The molecule has 2 N–H and O–H groups in total. The monoisotopic (exact) mass is 504 g/mol. The smallest absolute Gasteiger partial charge is 0.278 e. The topological polar surface area (TPSA) is 111 Å². The minimum Gasteiger partial charge on any atom is -0.483 e. The first kappa shape index (κ1) is 25.4. The van der Waals surface area contributed by atoms with E-state index in [0.29, 0.717) is 5.56 Å². The molecule has 2 aromatic carbocycles. The molecule has 0 aliphatic carbocycles. The molecular formula is C27H25FN4O5. The predicted molar refractivity (Wildman–Crippen MR) is 135 cm³/mol. The fourth-order valence-corrected chi connectivity index (χ4v) is 3.72. The second kappa shape index (κ2) is 11.3. The summed E-state index contributed by atoms with van der Waals surface area (Å²) in [5, 5.41) is 5.28. The van der Waals surface area contributed by atoms with Gasteiger partial charge >= 0.3 is 0 Å². The highest BCUT2D eigenvalue weighted by Crippen LogP contribution is 2.16. The SMILES string of the molecule is CC(=O)NCCn1ccn2cc(C(=O)NCc3ccc(F)cc3)c(=O)c(OCc3ccccc3)c2c1=O. The molecule has 0 fully saturated rings. The van der Waals surface area contributed by atoms with Crippen LogP contribution in [0.3, 0.4) is 0 Å². The van der Waals surface area contributed by atoms with Gasteiger partial charge in [-0.3, -0.25) is 19.2 Å². The number of hydrogen-bond donors (Lipinski definition) is 2. The third kappa shape index (κ3) is 6.10. The number of nitrogens with zero attached hydrogens (tertiary/aromatic N) is 2. The van der Waals surface area contributed by atoms with Crippen LogP contribution in [-0.4, -0.2) is 27.3 Å². The molecule has 0 aliphatic rings. The zero-order valence-electron chi connectivity index (χ0n) is 20.1. The highest BCUT2D eigenvalue weighted by Gasteiger charge is 2.21. The van der Waals surface area contributed by atoms with E-state index in [2.05, 4.69) is 10.6 Å². The van der Waals surface area contributed by atoms with Gasteiger partial charge in [0.05, 0.1) is 0 Å². The molecule has 0 aliphatic heterocycles. The van der Waals surface area contributed by atoms with Crippen molar-refractivity contribution in [3.63, 3.8) is 0 Å². The molecule has 0 saturated carbocycles. The van der Waals surface area contributed by atoms with Gasteiger partial charge in [-0.1, -0.05) is 42.5 Å². The van der Waals surface area contributed by atoms with Gasteiger partial charge in [0.15, 0.2) is 11.3 Å². The van der Waals surface area contributed by atoms with Crippen molar-refractivity contribution in [2.75, 3.05) is 6.54 Å². The van der Waals surface area contributed by atoms with Crippen LogP contribution in [0.1, 0.15) is 28.4 Å². The lowest BCUT2D eigenvalue weighted by Crippen LogP contribution is -2.33. The molecule has 10 heteroatoms. The van der Waals surface area contributed by atoms with Crippen molar-refractivity contribution in [3.8, 4) is 5.75 Å². The zero-order valence-corrected chi connectivity index (χ0v) is 20.1. The largest absolute Gasteiger partial charge is 0.483 e. The van der Waals surface area contributed by atoms with Crippen molar-refractivity contribution in [1.82, 2.24) is 19.6 Å². The number of carbonyl (C=O) groups excluding carboxylic acids is 2. The van der Waals surface area contributed by atoms with Crippen molar-refractivity contribution in [2.24, 2.45) is 0 Å². The number of hydrogen-bond acceptors (Lipinski definition) is 5. The van der Waals surface area contributed by atoms with Crippen LogP contribution in [-0.2, 0) is 24.5 Å². The van der Waals surface area contributed by atoms with Crippen molar-refractivity contribution >= 4 is 17.3 Å². The molecule has 37 heavy (non-hydrogen) atoms. The molecule has 4 aromatic rings. The van der Waals surface area contributed by atoms with E-state index in [-0.39, 0.29) is 49.0 Å². The van der Waals surface area contributed by atoms with Crippen molar-refractivity contribution in [2.45, 2.75) is 26.6 Å². The zero-order chi connectivity index (χ0) is 26.4. The van der Waals surface area contributed by atoms with Crippen molar-refractivity contribution < 1.29 is 18.7 Å². The van der Waals surface area contributed by atoms with Gasteiger partial charge in [0, 0.05) is 45.1 Å². The molecule has 2 amide bonds. The van der Waals surface area contributed by atoms with Gasteiger partial charge in [-0.25, -0.2) is 4.39 Å². The summed E-state index contributed by atoms with van der Waals surface area (Å²) >= 11 is 0. The summed E-state index contributed by atoms with van der Waals surface area (Å²) in [6, 6.07) is 14.7. The molecule has 190 valence electrons.